The molecule has 0 radical (unpaired) electrons. The van der Waals surface area contributed by atoms with Crippen LogP contribution in [0.5, 0.6) is 0 Å². The lowest BCUT2D eigenvalue weighted by molar-refractivity contribution is 0.0784. The summed E-state index contributed by atoms with van der Waals surface area (Å²) in [6.45, 7) is 9.01. The maximum Gasteiger partial charge on any atom is 0.0811 e. The molecule has 4 rings (SSSR count). The van der Waals surface area contributed by atoms with Crippen LogP contribution in [0.15, 0.2) is 35.5 Å². The molecule has 0 bridgehead atoms. The van der Waals surface area contributed by atoms with E-state index in [0.717, 1.165) is 29.9 Å². The molecule has 4 aliphatic carbocycles. The number of aliphatic hydroxyl groups excluding tert-OH is 3. The first-order chi connectivity index (χ1) is 14.3. The maximum absolute atomic E-state index is 10.3. The minimum atomic E-state index is -0.613. The van der Waals surface area contributed by atoms with Gasteiger partial charge < -0.3 is 15.3 Å². The Morgan fingerprint density at radius 3 is 2.63 bits per heavy atom. The third kappa shape index (κ3) is 4.49. The fraction of sp³-hybridized carbons (Fsp3) is 0.778. The van der Waals surface area contributed by atoms with E-state index >= 15 is 0 Å². The second kappa shape index (κ2) is 8.92. The van der Waals surface area contributed by atoms with Gasteiger partial charge in [-0.25, -0.2) is 0 Å². The van der Waals surface area contributed by atoms with Gasteiger partial charge in [0.15, 0.2) is 0 Å². The molecule has 1 unspecified atom stereocenters. The van der Waals surface area contributed by atoms with Crippen LogP contribution in [0.25, 0.3) is 0 Å². The van der Waals surface area contributed by atoms with Crippen molar-refractivity contribution in [2.24, 2.45) is 29.1 Å². The first-order valence-corrected chi connectivity index (χ1v) is 12.4. The molecule has 4 aliphatic rings. The van der Waals surface area contributed by atoms with Crippen molar-refractivity contribution in [2.75, 3.05) is 0 Å². The highest BCUT2D eigenvalue weighted by molar-refractivity contribution is 5.38. The van der Waals surface area contributed by atoms with Crippen molar-refractivity contribution in [3.8, 4) is 0 Å². The van der Waals surface area contributed by atoms with Crippen molar-refractivity contribution in [2.45, 2.75) is 103 Å². The van der Waals surface area contributed by atoms with E-state index in [9.17, 15) is 15.3 Å². The van der Waals surface area contributed by atoms with Crippen molar-refractivity contribution in [3.63, 3.8) is 0 Å². The Hall–Kier alpha value is -0.900. The normalized spacial score (nSPS) is 41.8. The molecule has 30 heavy (non-hydrogen) atoms. The Morgan fingerprint density at radius 2 is 1.90 bits per heavy atom. The molecule has 7 atom stereocenters. The Kier molecular flexibility index (Phi) is 6.63. The minimum absolute atomic E-state index is 0.0693. The first kappa shape index (κ1) is 22.3. The summed E-state index contributed by atoms with van der Waals surface area (Å²) in [6.07, 6.45) is 15.2. The standard InChI is InChI=1S/C27H42O3/c1-17(6-13-25(29)20-8-9-20)23-11-12-24-19(5-4-14-27(23,24)3)7-10-21-15-22(28)16-26(30)18(21)2/h7,10,17,20,22-26,28-30H,2,4-6,8-9,11-16H2,1,3H3/t17-,22-,23-,24+,25?,26+,27-/m1/s1. The van der Waals surface area contributed by atoms with E-state index in [2.05, 4.69) is 32.6 Å². The predicted octanol–water partition coefficient (Wildman–Crippen LogP) is 5.31. The molecule has 0 aromatic heterocycles. The summed E-state index contributed by atoms with van der Waals surface area (Å²) in [7, 11) is 0. The molecule has 0 saturated heterocycles. The molecule has 0 heterocycles. The van der Waals surface area contributed by atoms with Crippen LogP contribution in [0.2, 0.25) is 0 Å². The molecule has 3 heteroatoms. The summed E-state index contributed by atoms with van der Waals surface area (Å²) in [5, 5.41) is 30.5. The van der Waals surface area contributed by atoms with Crippen molar-refractivity contribution in [1.29, 1.82) is 0 Å². The van der Waals surface area contributed by atoms with Crippen molar-refractivity contribution >= 4 is 0 Å². The van der Waals surface area contributed by atoms with Gasteiger partial charge in [0.25, 0.3) is 0 Å². The lowest BCUT2D eigenvalue weighted by Gasteiger charge is -2.44. The fourth-order valence-electron chi connectivity index (χ4n) is 7.03. The van der Waals surface area contributed by atoms with Gasteiger partial charge in [-0.3, -0.25) is 0 Å². The van der Waals surface area contributed by atoms with E-state index < -0.39 is 12.2 Å². The fourth-order valence-corrected chi connectivity index (χ4v) is 7.03. The highest BCUT2D eigenvalue weighted by atomic mass is 16.3. The lowest BCUT2D eigenvalue weighted by Crippen LogP contribution is -2.36. The SMILES string of the molecule is C=C1C(=CC=C2CCC[C@]3(C)[C@@H]([C@H](C)CCC(O)C4CC4)CC[C@@H]23)C[C@@H](O)C[C@@H]1O. The molecule has 0 aliphatic heterocycles. The first-order valence-electron chi connectivity index (χ1n) is 12.4. The summed E-state index contributed by atoms with van der Waals surface area (Å²) in [5.74, 6) is 2.66. The Labute approximate surface area is 183 Å². The van der Waals surface area contributed by atoms with E-state index in [-0.39, 0.29) is 6.10 Å². The number of hydrogen-bond acceptors (Lipinski definition) is 3. The van der Waals surface area contributed by atoms with Crippen LogP contribution in [0.4, 0.5) is 0 Å². The Morgan fingerprint density at radius 1 is 1.13 bits per heavy atom. The highest BCUT2D eigenvalue weighted by Crippen LogP contribution is 2.60. The van der Waals surface area contributed by atoms with Gasteiger partial charge in [-0.2, -0.15) is 0 Å². The predicted molar refractivity (Wildman–Crippen MR) is 122 cm³/mol. The number of rotatable bonds is 6. The van der Waals surface area contributed by atoms with Crippen molar-refractivity contribution < 1.29 is 15.3 Å². The van der Waals surface area contributed by atoms with Gasteiger partial charge in [-0.15, -0.1) is 0 Å². The van der Waals surface area contributed by atoms with Crippen LogP contribution in [-0.2, 0) is 0 Å². The van der Waals surface area contributed by atoms with E-state index in [1.807, 2.05) is 0 Å². The Balaban J connectivity index is 1.44. The third-order valence-corrected chi connectivity index (χ3v) is 9.07. The number of allylic oxidation sites excluding steroid dienone is 3. The van der Waals surface area contributed by atoms with Crippen LogP contribution in [0, 0.1) is 29.1 Å². The summed E-state index contributed by atoms with van der Waals surface area (Å²) >= 11 is 0. The zero-order chi connectivity index (χ0) is 21.5. The van der Waals surface area contributed by atoms with Gasteiger partial charge in [0.2, 0.25) is 0 Å². The molecule has 3 nitrogen and oxygen atoms in total. The quantitative estimate of drug-likeness (QED) is 0.552. The molecule has 4 saturated carbocycles. The van der Waals surface area contributed by atoms with E-state index in [1.54, 1.807) is 5.57 Å². The number of hydrogen-bond donors (Lipinski definition) is 3. The summed E-state index contributed by atoms with van der Waals surface area (Å²) in [6, 6.07) is 0. The molecular formula is C27H42O3. The lowest BCUT2D eigenvalue weighted by atomic mass is 9.60. The zero-order valence-corrected chi connectivity index (χ0v) is 19.0. The van der Waals surface area contributed by atoms with E-state index in [0.29, 0.717) is 36.0 Å². The van der Waals surface area contributed by atoms with Crippen LogP contribution >= 0.6 is 0 Å². The van der Waals surface area contributed by atoms with E-state index in [1.165, 1.54) is 44.9 Å². The van der Waals surface area contributed by atoms with Gasteiger partial charge in [-0.1, -0.05) is 38.2 Å². The Bertz CT molecular complexity index is 703. The second-order valence-corrected chi connectivity index (χ2v) is 11.1. The molecule has 0 aromatic rings. The summed E-state index contributed by atoms with van der Waals surface area (Å²) in [5.41, 5.74) is 3.72. The van der Waals surface area contributed by atoms with Crippen LogP contribution in [0.3, 0.4) is 0 Å². The van der Waals surface area contributed by atoms with E-state index in [4.69, 9.17) is 0 Å². The minimum Gasteiger partial charge on any atom is -0.393 e. The topological polar surface area (TPSA) is 60.7 Å². The number of fused-ring (bicyclic) bond motifs is 1. The molecule has 168 valence electrons. The average molecular weight is 415 g/mol. The maximum atomic E-state index is 10.3. The molecule has 4 fully saturated rings. The van der Waals surface area contributed by atoms with Crippen LogP contribution < -0.4 is 0 Å². The van der Waals surface area contributed by atoms with Gasteiger partial charge in [0, 0.05) is 6.42 Å². The smallest absolute Gasteiger partial charge is 0.0811 e. The van der Waals surface area contributed by atoms with Crippen molar-refractivity contribution in [3.05, 3.63) is 35.5 Å². The monoisotopic (exact) mass is 414 g/mol. The third-order valence-electron chi connectivity index (χ3n) is 9.07. The molecule has 0 spiro atoms. The summed E-state index contributed by atoms with van der Waals surface area (Å²) in [4.78, 5) is 0. The summed E-state index contributed by atoms with van der Waals surface area (Å²) < 4.78 is 0. The van der Waals surface area contributed by atoms with Crippen LogP contribution in [0.1, 0.15) is 84.5 Å². The van der Waals surface area contributed by atoms with Gasteiger partial charge in [0.1, 0.15) is 0 Å². The van der Waals surface area contributed by atoms with Crippen LogP contribution in [-0.4, -0.2) is 33.6 Å². The highest BCUT2D eigenvalue weighted by Gasteiger charge is 2.50. The largest absolute Gasteiger partial charge is 0.393 e. The molecule has 3 N–H and O–H groups in total. The van der Waals surface area contributed by atoms with Gasteiger partial charge >= 0.3 is 0 Å². The number of aliphatic hydroxyl groups is 3. The zero-order valence-electron chi connectivity index (χ0n) is 19.0. The van der Waals surface area contributed by atoms with Crippen molar-refractivity contribution in [1.82, 2.24) is 0 Å². The van der Waals surface area contributed by atoms with Gasteiger partial charge in [0.05, 0.1) is 18.3 Å². The molecule has 0 amide bonds. The average Bonchev–Trinajstić information content (AvgIpc) is 3.49. The molecular weight excluding hydrogens is 372 g/mol. The van der Waals surface area contributed by atoms with Gasteiger partial charge in [-0.05, 0) is 104 Å². The molecule has 0 aromatic carbocycles. The second-order valence-electron chi connectivity index (χ2n) is 11.1.